The van der Waals surface area contributed by atoms with Crippen molar-refractivity contribution in [2.24, 2.45) is 4.99 Å². The van der Waals surface area contributed by atoms with Gasteiger partial charge >= 0.3 is 0 Å². The maximum atomic E-state index is 12.7. The number of hydrogen-bond acceptors (Lipinski definition) is 3. The molecule has 0 saturated carbocycles. The minimum absolute atomic E-state index is 0.171. The summed E-state index contributed by atoms with van der Waals surface area (Å²) in [5, 5.41) is 10.2. The molecule has 30 heavy (non-hydrogen) atoms. The molecule has 0 aliphatic carbocycles. The molecular formula is C24H20N4OS. The molecule has 0 radical (unpaired) electrons. The van der Waals surface area contributed by atoms with Gasteiger partial charge in [0.2, 0.25) is 0 Å². The number of carbonyl (C=O) groups is 1. The average Bonchev–Trinajstić information content (AvgIpc) is 3.27. The SMILES string of the molecule is CC1=CN2C(=N)C(=Cc3cn(Cc4ccccc4C)c4ccccc34)C(=O)N=C2S1. The smallest absolute Gasteiger partial charge is 0.283 e. The second-order valence-corrected chi connectivity index (χ2v) is 8.69. The standard InChI is InChI=1S/C24H20N4OS/c1-15-7-3-4-8-17(15)13-27-14-18(19-9-5-6-10-21(19)27)11-20-22(25)28-12-16(2)30-24(28)26-23(20)29/h3-12,14,25H,13H2,1-2H3. The first kappa shape index (κ1) is 18.6. The van der Waals surface area contributed by atoms with E-state index in [-0.39, 0.29) is 11.7 Å². The van der Waals surface area contributed by atoms with E-state index in [0.29, 0.717) is 10.7 Å². The quantitative estimate of drug-likeness (QED) is 0.604. The Morgan fingerprint density at radius 3 is 2.70 bits per heavy atom. The summed E-state index contributed by atoms with van der Waals surface area (Å²) < 4.78 is 2.20. The number of amides is 1. The predicted octanol–water partition coefficient (Wildman–Crippen LogP) is 5.16. The number of amidine groups is 2. The van der Waals surface area contributed by atoms with Gasteiger partial charge in [-0.3, -0.25) is 15.1 Å². The van der Waals surface area contributed by atoms with Gasteiger partial charge in [-0.25, -0.2) is 0 Å². The van der Waals surface area contributed by atoms with Gasteiger partial charge in [0.15, 0.2) is 5.17 Å². The van der Waals surface area contributed by atoms with Crippen molar-refractivity contribution in [2.75, 3.05) is 0 Å². The van der Waals surface area contributed by atoms with Crippen LogP contribution in [0.4, 0.5) is 0 Å². The summed E-state index contributed by atoms with van der Waals surface area (Å²) >= 11 is 1.42. The zero-order valence-corrected chi connectivity index (χ0v) is 17.5. The third-order valence-electron chi connectivity index (χ3n) is 5.41. The van der Waals surface area contributed by atoms with Crippen LogP contribution in [0.3, 0.4) is 0 Å². The van der Waals surface area contributed by atoms with Crippen LogP contribution >= 0.6 is 11.8 Å². The van der Waals surface area contributed by atoms with Crippen molar-refractivity contribution in [2.45, 2.75) is 20.4 Å². The molecule has 0 bridgehead atoms. The Morgan fingerprint density at radius 1 is 1.10 bits per heavy atom. The normalized spacial score (nSPS) is 17.5. The van der Waals surface area contributed by atoms with E-state index >= 15 is 0 Å². The van der Waals surface area contributed by atoms with Gasteiger partial charge in [0.1, 0.15) is 5.84 Å². The number of aromatic nitrogens is 1. The molecule has 0 atom stereocenters. The highest BCUT2D eigenvalue weighted by Gasteiger charge is 2.33. The van der Waals surface area contributed by atoms with Gasteiger partial charge in [0, 0.05) is 40.3 Å². The number of rotatable bonds is 3. The third-order valence-corrected chi connectivity index (χ3v) is 6.31. The Morgan fingerprint density at radius 2 is 1.87 bits per heavy atom. The zero-order chi connectivity index (χ0) is 20.8. The summed E-state index contributed by atoms with van der Waals surface area (Å²) in [6, 6.07) is 16.5. The zero-order valence-electron chi connectivity index (χ0n) is 16.7. The summed E-state index contributed by atoms with van der Waals surface area (Å²) in [4.78, 5) is 19.6. The second-order valence-electron chi connectivity index (χ2n) is 7.47. The third kappa shape index (κ3) is 3.09. The highest BCUT2D eigenvalue weighted by molar-refractivity contribution is 8.17. The largest absolute Gasteiger partial charge is 0.342 e. The van der Waals surface area contributed by atoms with Crippen LogP contribution in [0.15, 0.2) is 76.4 Å². The molecule has 2 aliphatic heterocycles. The van der Waals surface area contributed by atoms with Crippen molar-refractivity contribution >= 4 is 45.7 Å². The van der Waals surface area contributed by atoms with Crippen molar-refractivity contribution in [1.82, 2.24) is 9.47 Å². The van der Waals surface area contributed by atoms with E-state index < -0.39 is 0 Å². The number of para-hydroxylation sites is 1. The fraction of sp³-hybridized carbons (Fsp3) is 0.125. The molecule has 3 heterocycles. The maximum Gasteiger partial charge on any atom is 0.283 e. The highest BCUT2D eigenvalue weighted by Crippen LogP contribution is 2.33. The van der Waals surface area contributed by atoms with Crippen LogP contribution in [-0.2, 0) is 11.3 Å². The van der Waals surface area contributed by atoms with E-state index in [1.807, 2.05) is 31.3 Å². The molecule has 0 saturated heterocycles. The topological polar surface area (TPSA) is 61.5 Å². The number of aryl methyl sites for hydroxylation is 1. The summed E-state index contributed by atoms with van der Waals surface area (Å²) in [7, 11) is 0. The number of fused-ring (bicyclic) bond motifs is 2. The predicted molar refractivity (Wildman–Crippen MR) is 124 cm³/mol. The number of carbonyl (C=O) groups excluding carboxylic acids is 1. The lowest BCUT2D eigenvalue weighted by molar-refractivity contribution is -0.114. The molecule has 1 N–H and O–H groups in total. The van der Waals surface area contributed by atoms with Crippen molar-refractivity contribution < 1.29 is 4.79 Å². The Kier molecular flexibility index (Phi) is 4.44. The van der Waals surface area contributed by atoms with Gasteiger partial charge in [0.25, 0.3) is 5.91 Å². The highest BCUT2D eigenvalue weighted by atomic mass is 32.2. The number of aliphatic imine (C=N–C) groups is 1. The molecule has 0 unspecified atom stereocenters. The molecule has 148 valence electrons. The molecule has 2 aromatic carbocycles. The molecule has 0 spiro atoms. The number of thioether (sulfide) groups is 1. The monoisotopic (exact) mass is 412 g/mol. The van der Waals surface area contributed by atoms with Crippen LogP contribution in [0.25, 0.3) is 17.0 Å². The molecular weight excluding hydrogens is 392 g/mol. The first-order valence-electron chi connectivity index (χ1n) is 9.73. The van der Waals surface area contributed by atoms with E-state index in [9.17, 15) is 4.79 Å². The van der Waals surface area contributed by atoms with Crippen molar-refractivity contribution in [3.05, 3.63) is 88.1 Å². The minimum atomic E-state index is -0.363. The first-order chi connectivity index (χ1) is 14.5. The molecule has 5 nitrogen and oxygen atoms in total. The van der Waals surface area contributed by atoms with Gasteiger partial charge in [-0.1, -0.05) is 54.2 Å². The van der Waals surface area contributed by atoms with Crippen LogP contribution in [0.1, 0.15) is 23.6 Å². The molecule has 5 rings (SSSR count). The first-order valence-corrected chi connectivity index (χ1v) is 10.5. The number of hydrogen-bond donors (Lipinski definition) is 1. The van der Waals surface area contributed by atoms with E-state index in [0.717, 1.165) is 27.9 Å². The number of benzene rings is 2. The lowest BCUT2D eigenvalue weighted by atomic mass is 10.1. The average molecular weight is 413 g/mol. The minimum Gasteiger partial charge on any atom is -0.342 e. The number of nitrogens with zero attached hydrogens (tertiary/aromatic N) is 3. The van der Waals surface area contributed by atoms with Crippen LogP contribution in [-0.4, -0.2) is 26.4 Å². The van der Waals surface area contributed by atoms with Crippen LogP contribution in [0.5, 0.6) is 0 Å². The lowest BCUT2D eigenvalue weighted by Gasteiger charge is -2.22. The molecule has 2 aliphatic rings. The van der Waals surface area contributed by atoms with Crippen LogP contribution < -0.4 is 0 Å². The number of allylic oxidation sites excluding steroid dienone is 1. The molecule has 3 aromatic rings. The second kappa shape index (κ2) is 7.15. The molecule has 6 heteroatoms. The Hall–Kier alpha value is -3.38. The van der Waals surface area contributed by atoms with E-state index in [1.54, 1.807) is 11.0 Å². The lowest BCUT2D eigenvalue weighted by Crippen LogP contribution is -2.35. The fourth-order valence-corrected chi connectivity index (χ4v) is 4.67. The number of nitrogens with one attached hydrogen (secondary N) is 1. The van der Waals surface area contributed by atoms with Gasteiger partial charge in [-0.05, 0) is 37.1 Å². The maximum absolute atomic E-state index is 12.7. The van der Waals surface area contributed by atoms with Crippen LogP contribution in [0.2, 0.25) is 0 Å². The molecule has 1 aromatic heterocycles. The van der Waals surface area contributed by atoms with Gasteiger partial charge in [0.05, 0.1) is 5.57 Å². The van der Waals surface area contributed by atoms with Gasteiger partial charge < -0.3 is 4.57 Å². The van der Waals surface area contributed by atoms with Gasteiger partial charge in [-0.15, -0.1) is 0 Å². The van der Waals surface area contributed by atoms with Gasteiger partial charge in [-0.2, -0.15) is 4.99 Å². The van der Waals surface area contributed by atoms with Crippen molar-refractivity contribution in [1.29, 1.82) is 5.41 Å². The van der Waals surface area contributed by atoms with Crippen LogP contribution in [0, 0.1) is 12.3 Å². The van der Waals surface area contributed by atoms with E-state index in [2.05, 4.69) is 53.0 Å². The van der Waals surface area contributed by atoms with Crippen molar-refractivity contribution in [3.63, 3.8) is 0 Å². The summed E-state index contributed by atoms with van der Waals surface area (Å²) in [6.45, 7) is 4.81. The van der Waals surface area contributed by atoms with E-state index in [4.69, 9.17) is 5.41 Å². The Labute approximate surface area is 178 Å². The Balaban J connectivity index is 1.60. The summed E-state index contributed by atoms with van der Waals surface area (Å²) in [5.74, 6) is -0.192. The summed E-state index contributed by atoms with van der Waals surface area (Å²) in [5.41, 5.74) is 4.82. The summed E-state index contributed by atoms with van der Waals surface area (Å²) in [6.07, 6.45) is 5.71. The molecule has 1 amide bonds. The Bertz CT molecular complexity index is 1310. The fourth-order valence-electron chi connectivity index (χ4n) is 3.85. The molecule has 0 fully saturated rings. The van der Waals surface area contributed by atoms with E-state index in [1.165, 1.54) is 22.9 Å². The van der Waals surface area contributed by atoms with Crippen molar-refractivity contribution in [3.8, 4) is 0 Å².